The van der Waals surface area contributed by atoms with Gasteiger partial charge in [-0.1, -0.05) is 60.1 Å². The van der Waals surface area contributed by atoms with Gasteiger partial charge in [-0.15, -0.1) is 0 Å². The Kier molecular flexibility index (Phi) is 7.86. The molecule has 1 aromatic heterocycles. The molecule has 6 heteroatoms. The van der Waals surface area contributed by atoms with Crippen LogP contribution in [0.2, 0.25) is 5.02 Å². The maximum atomic E-state index is 12.4. The second-order valence-electron chi connectivity index (χ2n) is 8.46. The summed E-state index contributed by atoms with van der Waals surface area (Å²) in [6, 6.07) is 21.8. The summed E-state index contributed by atoms with van der Waals surface area (Å²) in [6.45, 7) is 6.10. The zero-order valence-corrected chi connectivity index (χ0v) is 20.4. The quantitative estimate of drug-likeness (QED) is 0.300. The number of nitrogens with zero attached hydrogens (tertiary/aromatic N) is 2. The van der Waals surface area contributed by atoms with Crippen LogP contribution in [0.15, 0.2) is 66.7 Å². The van der Waals surface area contributed by atoms with Crippen molar-refractivity contribution >= 4 is 28.5 Å². The number of para-hydroxylation sites is 3. The smallest absolute Gasteiger partial charge is 0.224 e. The fraction of sp³-hybridized carbons (Fsp3) is 0.286. The van der Waals surface area contributed by atoms with E-state index >= 15 is 0 Å². The van der Waals surface area contributed by atoms with Crippen LogP contribution < -0.4 is 10.1 Å². The van der Waals surface area contributed by atoms with E-state index in [-0.39, 0.29) is 12.3 Å². The average Bonchev–Trinajstić information content (AvgIpc) is 3.17. The van der Waals surface area contributed by atoms with Crippen LogP contribution >= 0.6 is 11.6 Å². The maximum Gasteiger partial charge on any atom is 0.224 e. The number of fused-ring (bicyclic) bond motifs is 1. The summed E-state index contributed by atoms with van der Waals surface area (Å²) in [5, 5.41) is 3.62. The first-order valence-corrected chi connectivity index (χ1v) is 12.0. The van der Waals surface area contributed by atoms with Crippen molar-refractivity contribution in [3.8, 4) is 5.75 Å². The van der Waals surface area contributed by atoms with E-state index in [9.17, 15) is 4.79 Å². The molecule has 0 aliphatic heterocycles. The highest BCUT2D eigenvalue weighted by atomic mass is 35.5. The van der Waals surface area contributed by atoms with Gasteiger partial charge in [0.05, 0.1) is 24.1 Å². The second-order valence-corrected chi connectivity index (χ2v) is 8.87. The zero-order chi connectivity index (χ0) is 23.9. The van der Waals surface area contributed by atoms with Crippen molar-refractivity contribution in [2.24, 2.45) is 0 Å². The van der Waals surface area contributed by atoms with E-state index in [4.69, 9.17) is 21.3 Å². The van der Waals surface area contributed by atoms with Crippen molar-refractivity contribution < 1.29 is 9.53 Å². The minimum Gasteiger partial charge on any atom is -0.493 e. The van der Waals surface area contributed by atoms with Gasteiger partial charge in [0.2, 0.25) is 5.91 Å². The molecule has 4 rings (SSSR count). The van der Waals surface area contributed by atoms with Crippen LogP contribution in [0, 0.1) is 13.8 Å². The molecule has 0 atom stereocenters. The SMILES string of the molecule is Cc1cccc(C)c1OCCCn1c(CCNC(=O)Cc2ccccc2Cl)nc2ccccc21. The normalized spacial score (nSPS) is 11.0. The van der Waals surface area contributed by atoms with E-state index in [1.807, 2.05) is 36.4 Å². The van der Waals surface area contributed by atoms with Gasteiger partial charge in [-0.2, -0.15) is 0 Å². The predicted octanol–water partition coefficient (Wildman–Crippen LogP) is 5.68. The predicted molar refractivity (Wildman–Crippen MR) is 138 cm³/mol. The van der Waals surface area contributed by atoms with E-state index in [1.165, 1.54) is 0 Å². The second kappa shape index (κ2) is 11.2. The maximum absolute atomic E-state index is 12.4. The first-order chi connectivity index (χ1) is 16.5. The zero-order valence-electron chi connectivity index (χ0n) is 19.7. The van der Waals surface area contributed by atoms with E-state index in [0.29, 0.717) is 24.6 Å². The minimum atomic E-state index is -0.0437. The number of imidazole rings is 1. The summed E-state index contributed by atoms with van der Waals surface area (Å²) in [5.41, 5.74) is 5.21. The Morgan fingerprint density at radius 1 is 1.00 bits per heavy atom. The highest BCUT2D eigenvalue weighted by molar-refractivity contribution is 6.31. The number of amides is 1. The van der Waals surface area contributed by atoms with E-state index in [1.54, 1.807) is 6.07 Å². The molecule has 0 aliphatic rings. The number of nitrogens with one attached hydrogen (secondary N) is 1. The number of hydrogen-bond acceptors (Lipinski definition) is 3. The molecule has 0 bridgehead atoms. The number of aromatic nitrogens is 2. The number of carbonyl (C=O) groups excluding carboxylic acids is 1. The van der Waals surface area contributed by atoms with E-state index in [2.05, 4.69) is 48.0 Å². The fourth-order valence-electron chi connectivity index (χ4n) is 4.18. The fourth-order valence-corrected chi connectivity index (χ4v) is 4.38. The van der Waals surface area contributed by atoms with Crippen LogP contribution in [0.25, 0.3) is 11.0 Å². The van der Waals surface area contributed by atoms with Crippen LogP contribution in [-0.2, 0) is 24.2 Å². The summed E-state index contributed by atoms with van der Waals surface area (Å²) in [6.07, 6.45) is 1.78. The summed E-state index contributed by atoms with van der Waals surface area (Å²) < 4.78 is 8.33. The van der Waals surface area contributed by atoms with Gasteiger partial charge in [0.15, 0.2) is 0 Å². The van der Waals surface area contributed by atoms with Gasteiger partial charge in [-0.25, -0.2) is 4.98 Å². The Bertz CT molecular complexity index is 1260. The van der Waals surface area contributed by atoms with Gasteiger partial charge in [0.1, 0.15) is 11.6 Å². The molecule has 176 valence electrons. The molecule has 0 radical (unpaired) electrons. The first kappa shape index (κ1) is 23.8. The monoisotopic (exact) mass is 475 g/mol. The number of ether oxygens (including phenoxy) is 1. The summed E-state index contributed by atoms with van der Waals surface area (Å²) in [7, 11) is 0. The average molecular weight is 476 g/mol. The largest absolute Gasteiger partial charge is 0.493 e. The molecule has 0 unspecified atom stereocenters. The van der Waals surface area contributed by atoms with Gasteiger partial charge in [-0.05, 0) is 55.2 Å². The standard InChI is InChI=1S/C28H30ClN3O2/c1-20-9-7-10-21(2)28(20)34-18-8-17-32-25-14-6-5-13-24(25)31-26(32)15-16-30-27(33)19-22-11-3-4-12-23(22)29/h3-7,9-14H,8,15-19H2,1-2H3,(H,30,33). The van der Waals surface area contributed by atoms with Crippen molar-refractivity contribution in [1.29, 1.82) is 0 Å². The lowest BCUT2D eigenvalue weighted by Crippen LogP contribution is -2.28. The van der Waals surface area contributed by atoms with Crippen LogP contribution in [0.3, 0.4) is 0 Å². The number of hydrogen-bond donors (Lipinski definition) is 1. The van der Waals surface area contributed by atoms with Gasteiger partial charge < -0.3 is 14.6 Å². The molecular weight excluding hydrogens is 446 g/mol. The van der Waals surface area contributed by atoms with E-state index < -0.39 is 0 Å². The molecule has 1 heterocycles. The molecule has 0 saturated carbocycles. The van der Waals surface area contributed by atoms with Crippen molar-refractivity contribution in [2.75, 3.05) is 13.2 Å². The van der Waals surface area contributed by atoms with Crippen LogP contribution in [0.5, 0.6) is 5.75 Å². The molecule has 34 heavy (non-hydrogen) atoms. The van der Waals surface area contributed by atoms with Crippen LogP contribution in [-0.4, -0.2) is 28.6 Å². The van der Waals surface area contributed by atoms with Gasteiger partial charge >= 0.3 is 0 Å². The molecule has 0 aliphatic carbocycles. The Balaban J connectivity index is 1.36. The van der Waals surface area contributed by atoms with Crippen molar-refractivity contribution in [3.63, 3.8) is 0 Å². The molecule has 0 spiro atoms. The molecule has 1 amide bonds. The first-order valence-electron chi connectivity index (χ1n) is 11.7. The molecule has 3 aromatic carbocycles. The third-order valence-electron chi connectivity index (χ3n) is 5.89. The van der Waals surface area contributed by atoms with Gasteiger partial charge in [0.25, 0.3) is 0 Å². The third kappa shape index (κ3) is 5.78. The summed E-state index contributed by atoms with van der Waals surface area (Å²) in [4.78, 5) is 17.2. The number of aryl methyl sites for hydroxylation is 3. The lowest BCUT2D eigenvalue weighted by Gasteiger charge is -2.13. The van der Waals surface area contributed by atoms with E-state index in [0.717, 1.165) is 52.3 Å². The summed E-state index contributed by atoms with van der Waals surface area (Å²) in [5.74, 6) is 1.89. The lowest BCUT2D eigenvalue weighted by atomic mass is 10.1. The Hall–Kier alpha value is -3.31. The highest BCUT2D eigenvalue weighted by Gasteiger charge is 2.12. The summed E-state index contributed by atoms with van der Waals surface area (Å²) >= 11 is 6.18. The topological polar surface area (TPSA) is 56.1 Å². The third-order valence-corrected chi connectivity index (χ3v) is 6.26. The van der Waals surface area contributed by atoms with Gasteiger partial charge in [0, 0.05) is 24.5 Å². The Morgan fingerprint density at radius 3 is 2.53 bits per heavy atom. The van der Waals surface area contributed by atoms with Crippen molar-refractivity contribution in [2.45, 2.75) is 39.7 Å². The Morgan fingerprint density at radius 2 is 1.74 bits per heavy atom. The molecule has 4 aromatic rings. The Labute approximate surface area is 205 Å². The van der Waals surface area contributed by atoms with Crippen LogP contribution in [0.1, 0.15) is 28.9 Å². The molecule has 0 fully saturated rings. The lowest BCUT2D eigenvalue weighted by molar-refractivity contribution is -0.120. The number of halogens is 1. The number of carbonyl (C=O) groups is 1. The minimum absolute atomic E-state index is 0.0437. The molecular formula is C28H30ClN3O2. The highest BCUT2D eigenvalue weighted by Crippen LogP contribution is 2.23. The molecule has 5 nitrogen and oxygen atoms in total. The van der Waals surface area contributed by atoms with Crippen molar-refractivity contribution in [3.05, 3.63) is 94.3 Å². The molecule has 0 saturated heterocycles. The number of rotatable bonds is 10. The van der Waals surface area contributed by atoms with Crippen LogP contribution in [0.4, 0.5) is 0 Å². The van der Waals surface area contributed by atoms with Gasteiger partial charge in [-0.3, -0.25) is 4.79 Å². The van der Waals surface area contributed by atoms with Crippen molar-refractivity contribution in [1.82, 2.24) is 14.9 Å². The number of benzene rings is 3. The molecule has 1 N–H and O–H groups in total.